The molecule has 0 fully saturated rings. The smallest absolute Gasteiger partial charge is 0.0946 e. The predicted octanol–water partition coefficient (Wildman–Crippen LogP) is 2.09. The molecule has 2 N–H and O–H groups in total. The first-order chi connectivity index (χ1) is 8.18. The van der Waals surface area contributed by atoms with Crippen molar-refractivity contribution in [3.8, 4) is 0 Å². The number of rotatable bonds is 4. The van der Waals surface area contributed by atoms with Gasteiger partial charge in [0.25, 0.3) is 0 Å². The molecule has 4 heteroatoms. The summed E-state index contributed by atoms with van der Waals surface area (Å²) in [7, 11) is 1.96. The molecule has 1 heterocycles. The molecule has 17 heavy (non-hydrogen) atoms. The monoisotopic (exact) mass is 231 g/mol. The minimum atomic E-state index is -0.467. The van der Waals surface area contributed by atoms with E-state index in [9.17, 15) is 5.11 Å². The lowest BCUT2D eigenvalue weighted by Crippen LogP contribution is -2.06. The van der Waals surface area contributed by atoms with Crippen molar-refractivity contribution in [2.45, 2.75) is 19.6 Å². The maximum atomic E-state index is 9.66. The molecule has 1 aromatic carbocycles. The van der Waals surface area contributed by atoms with Crippen molar-refractivity contribution in [1.29, 1.82) is 0 Å². The van der Waals surface area contributed by atoms with Gasteiger partial charge in [0.2, 0.25) is 0 Å². The van der Waals surface area contributed by atoms with E-state index < -0.39 is 6.10 Å². The molecule has 90 valence electrons. The summed E-state index contributed by atoms with van der Waals surface area (Å²) < 4.78 is 1.97. The quantitative estimate of drug-likeness (QED) is 0.847. The standard InChI is InChI=1S/C13H17N3O/c1-10(17)12-5-3-4-6-13(12)15-8-11-7-14-9-16(11)2/h3-7,9-10,15,17H,8H2,1-2H3. The van der Waals surface area contributed by atoms with Crippen LogP contribution in [-0.2, 0) is 13.6 Å². The highest BCUT2D eigenvalue weighted by molar-refractivity contribution is 5.52. The van der Waals surface area contributed by atoms with Gasteiger partial charge in [-0.15, -0.1) is 0 Å². The van der Waals surface area contributed by atoms with Crippen LogP contribution in [0.25, 0.3) is 0 Å². The number of aromatic nitrogens is 2. The number of para-hydroxylation sites is 1. The minimum absolute atomic E-state index is 0.467. The van der Waals surface area contributed by atoms with Crippen LogP contribution in [0.4, 0.5) is 5.69 Å². The average Bonchev–Trinajstić information content (AvgIpc) is 2.72. The molecule has 2 rings (SSSR count). The van der Waals surface area contributed by atoms with Crippen molar-refractivity contribution in [3.05, 3.63) is 48.0 Å². The van der Waals surface area contributed by atoms with Crippen LogP contribution in [0.3, 0.4) is 0 Å². The first kappa shape index (κ1) is 11.7. The Morgan fingerprint density at radius 1 is 1.41 bits per heavy atom. The maximum Gasteiger partial charge on any atom is 0.0946 e. The Morgan fingerprint density at radius 3 is 2.82 bits per heavy atom. The van der Waals surface area contributed by atoms with Crippen LogP contribution in [0.2, 0.25) is 0 Å². The highest BCUT2D eigenvalue weighted by atomic mass is 16.3. The summed E-state index contributed by atoms with van der Waals surface area (Å²) in [6, 6.07) is 7.78. The van der Waals surface area contributed by atoms with Crippen molar-refractivity contribution >= 4 is 5.69 Å². The predicted molar refractivity (Wildman–Crippen MR) is 67.6 cm³/mol. The highest BCUT2D eigenvalue weighted by Gasteiger charge is 2.07. The molecule has 0 spiro atoms. The molecular formula is C13H17N3O. The van der Waals surface area contributed by atoms with Gasteiger partial charge in [0.15, 0.2) is 0 Å². The molecule has 0 aliphatic rings. The van der Waals surface area contributed by atoms with E-state index in [1.54, 1.807) is 13.3 Å². The summed E-state index contributed by atoms with van der Waals surface area (Å²) in [6.07, 6.45) is 3.14. The Balaban J connectivity index is 2.11. The number of nitrogens with zero attached hydrogens (tertiary/aromatic N) is 2. The van der Waals surface area contributed by atoms with Gasteiger partial charge in [-0.2, -0.15) is 0 Å². The van der Waals surface area contributed by atoms with Gasteiger partial charge in [-0.25, -0.2) is 4.98 Å². The van der Waals surface area contributed by atoms with E-state index in [1.807, 2.05) is 42.1 Å². The van der Waals surface area contributed by atoms with Crippen LogP contribution in [-0.4, -0.2) is 14.7 Å². The van der Waals surface area contributed by atoms with Crippen LogP contribution in [0.1, 0.15) is 24.3 Å². The third-order valence-corrected chi connectivity index (χ3v) is 2.79. The average molecular weight is 231 g/mol. The van der Waals surface area contributed by atoms with Gasteiger partial charge in [0.1, 0.15) is 0 Å². The molecule has 0 saturated carbocycles. The van der Waals surface area contributed by atoms with E-state index in [2.05, 4.69) is 10.3 Å². The van der Waals surface area contributed by atoms with E-state index in [1.165, 1.54) is 0 Å². The van der Waals surface area contributed by atoms with E-state index >= 15 is 0 Å². The Hall–Kier alpha value is -1.81. The Labute approximate surface area is 101 Å². The van der Waals surface area contributed by atoms with Crippen molar-refractivity contribution < 1.29 is 5.11 Å². The summed E-state index contributed by atoms with van der Waals surface area (Å²) in [4.78, 5) is 4.07. The molecule has 1 unspecified atom stereocenters. The molecule has 4 nitrogen and oxygen atoms in total. The number of nitrogens with one attached hydrogen (secondary N) is 1. The number of aryl methyl sites for hydroxylation is 1. The summed E-state index contributed by atoms with van der Waals surface area (Å²) in [5.74, 6) is 0. The lowest BCUT2D eigenvalue weighted by molar-refractivity contribution is 0.200. The van der Waals surface area contributed by atoms with E-state index in [0.717, 1.165) is 16.9 Å². The first-order valence-corrected chi connectivity index (χ1v) is 5.64. The summed E-state index contributed by atoms with van der Waals surface area (Å²) >= 11 is 0. The van der Waals surface area contributed by atoms with E-state index in [-0.39, 0.29) is 0 Å². The second-order valence-corrected chi connectivity index (χ2v) is 4.11. The maximum absolute atomic E-state index is 9.66. The third kappa shape index (κ3) is 2.65. The summed E-state index contributed by atoms with van der Waals surface area (Å²) in [5, 5.41) is 13.0. The Bertz CT molecular complexity index is 491. The van der Waals surface area contributed by atoms with Gasteiger partial charge in [-0.3, -0.25) is 0 Å². The molecule has 0 bridgehead atoms. The van der Waals surface area contributed by atoms with Crippen molar-refractivity contribution in [2.75, 3.05) is 5.32 Å². The number of hydrogen-bond acceptors (Lipinski definition) is 3. The molecule has 0 aliphatic heterocycles. The second kappa shape index (κ2) is 5.01. The SMILES string of the molecule is CC(O)c1ccccc1NCc1cncn1C. The fourth-order valence-corrected chi connectivity index (χ4v) is 1.76. The first-order valence-electron chi connectivity index (χ1n) is 5.64. The van der Waals surface area contributed by atoms with Crippen LogP contribution < -0.4 is 5.32 Å². The van der Waals surface area contributed by atoms with E-state index in [4.69, 9.17) is 0 Å². The lowest BCUT2D eigenvalue weighted by Gasteiger charge is -2.13. The van der Waals surface area contributed by atoms with Crippen LogP contribution in [0, 0.1) is 0 Å². The molecule has 1 aromatic heterocycles. The topological polar surface area (TPSA) is 50.1 Å². The van der Waals surface area contributed by atoms with Crippen LogP contribution >= 0.6 is 0 Å². The fraction of sp³-hybridized carbons (Fsp3) is 0.308. The van der Waals surface area contributed by atoms with Gasteiger partial charge in [0, 0.05) is 24.5 Å². The minimum Gasteiger partial charge on any atom is -0.389 e. The Morgan fingerprint density at radius 2 is 2.18 bits per heavy atom. The van der Waals surface area contributed by atoms with Gasteiger partial charge < -0.3 is 15.0 Å². The van der Waals surface area contributed by atoms with Crippen LogP contribution in [0.15, 0.2) is 36.8 Å². The van der Waals surface area contributed by atoms with Crippen molar-refractivity contribution in [1.82, 2.24) is 9.55 Å². The summed E-state index contributed by atoms with van der Waals surface area (Å²) in [6.45, 7) is 2.46. The van der Waals surface area contributed by atoms with Crippen molar-refractivity contribution in [2.24, 2.45) is 7.05 Å². The van der Waals surface area contributed by atoms with Crippen LogP contribution in [0.5, 0.6) is 0 Å². The highest BCUT2D eigenvalue weighted by Crippen LogP contribution is 2.22. The number of imidazole rings is 1. The fourth-order valence-electron chi connectivity index (χ4n) is 1.76. The normalized spacial score (nSPS) is 12.4. The number of benzene rings is 1. The zero-order valence-corrected chi connectivity index (χ0v) is 10.1. The zero-order chi connectivity index (χ0) is 12.3. The molecule has 0 amide bonds. The van der Waals surface area contributed by atoms with Gasteiger partial charge in [-0.1, -0.05) is 18.2 Å². The molecular weight excluding hydrogens is 214 g/mol. The number of aliphatic hydroxyl groups excluding tert-OH is 1. The van der Waals surface area contributed by atoms with Crippen molar-refractivity contribution in [3.63, 3.8) is 0 Å². The molecule has 0 saturated heterocycles. The number of anilines is 1. The molecule has 2 aromatic rings. The zero-order valence-electron chi connectivity index (χ0n) is 10.1. The number of hydrogen-bond donors (Lipinski definition) is 2. The molecule has 0 radical (unpaired) electrons. The largest absolute Gasteiger partial charge is 0.389 e. The second-order valence-electron chi connectivity index (χ2n) is 4.11. The van der Waals surface area contributed by atoms with Gasteiger partial charge >= 0.3 is 0 Å². The van der Waals surface area contributed by atoms with E-state index in [0.29, 0.717) is 6.54 Å². The van der Waals surface area contributed by atoms with Gasteiger partial charge in [0.05, 0.1) is 24.7 Å². The summed E-state index contributed by atoms with van der Waals surface area (Å²) in [5.41, 5.74) is 2.98. The third-order valence-electron chi connectivity index (χ3n) is 2.79. The molecule has 0 aliphatic carbocycles. The number of aliphatic hydroxyl groups is 1. The molecule has 1 atom stereocenters. The lowest BCUT2D eigenvalue weighted by atomic mass is 10.1. The Kier molecular flexibility index (Phi) is 3.44. The van der Waals surface area contributed by atoms with Gasteiger partial charge in [-0.05, 0) is 13.0 Å².